The molecule has 1 unspecified atom stereocenters. The third-order valence-corrected chi connectivity index (χ3v) is 3.56. The zero-order valence-electron chi connectivity index (χ0n) is 13.0. The maximum atomic E-state index is 5.39. The van der Waals surface area contributed by atoms with Crippen molar-refractivity contribution in [1.82, 2.24) is 10.6 Å². The van der Waals surface area contributed by atoms with Crippen molar-refractivity contribution in [3.63, 3.8) is 0 Å². The lowest BCUT2D eigenvalue weighted by Crippen LogP contribution is -2.29. The Morgan fingerprint density at radius 2 is 1.79 bits per heavy atom. The number of benzene rings is 1. The van der Waals surface area contributed by atoms with Crippen LogP contribution in [0.4, 0.5) is 0 Å². The van der Waals surface area contributed by atoms with Crippen LogP contribution in [0.2, 0.25) is 0 Å². The topological polar surface area (TPSA) is 33.3 Å². The molecule has 3 heteroatoms. The normalized spacial score (nSPS) is 12.5. The van der Waals surface area contributed by atoms with Gasteiger partial charge in [0.25, 0.3) is 0 Å². The minimum absolute atomic E-state index is 0.699. The summed E-state index contributed by atoms with van der Waals surface area (Å²) in [7, 11) is 3.75. The first-order chi connectivity index (χ1) is 9.12. The standard InChI is InChI=1S/C16H28N2O/c1-6-14(9-17-4)10-18-11-15-7-12(2)16(19-5)13(3)8-15/h7-8,14,17-18H,6,9-11H2,1-5H3. The number of aryl methyl sites for hydroxylation is 2. The van der Waals surface area contributed by atoms with Gasteiger partial charge in [-0.15, -0.1) is 0 Å². The quantitative estimate of drug-likeness (QED) is 0.757. The van der Waals surface area contributed by atoms with Crippen LogP contribution >= 0.6 is 0 Å². The summed E-state index contributed by atoms with van der Waals surface area (Å²) in [5.41, 5.74) is 3.75. The van der Waals surface area contributed by atoms with Crippen LogP contribution in [-0.4, -0.2) is 27.2 Å². The van der Waals surface area contributed by atoms with Crippen LogP contribution in [0.15, 0.2) is 12.1 Å². The average Bonchev–Trinajstić information content (AvgIpc) is 2.37. The molecule has 2 N–H and O–H groups in total. The number of hydrogen-bond donors (Lipinski definition) is 2. The number of hydrogen-bond acceptors (Lipinski definition) is 3. The summed E-state index contributed by atoms with van der Waals surface area (Å²) >= 11 is 0. The van der Waals surface area contributed by atoms with Crippen molar-refractivity contribution in [3.8, 4) is 5.75 Å². The van der Waals surface area contributed by atoms with Crippen molar-refractivity contribution >= 4 is 0 Å². The van der Waals surface area contributed by atoms with Crippen LogP contribution in [0, 0.1) is 19.8 Å². The van der Waals surface area contributed by atoms with Gasteiger partial charge in [0.15, 0.2) is 0 Å². The first-order valence-corrected chi connectivity index (χ1v) is 7.11. The van der Waals surface area contributed by atoms with Gasteiger partial charge in [-0.2, -0.15) is 0 Å². The fraction of sp³-hybridized carbons (Fsp3) is 0.625. The Morgan fingerprint density at radius 1 is 1.16 bits per heavy atom. The highest BCUT2D eigenvalue weighted by Crippen LogP contribution is 2.24. The van der Waals surface area contributed by atoms with Crippen LogP contribution in [-0.2, 0) is 6.54 Å². The molecule has 0 aliphatic heterocycles. The van der Waals surface area contributed by atoms with Crippen LogP contribution in [0.5, 0.6) is 5.75 Å². The highest BCUT2D eigenvalue weighted by molar-refractivity contribution is 5.43. The molecule has 0 aliphatic carbocycles. The number of ether oxygens (including phenoxy) is 1. The molecular weight excluding hydrogens is 236 g/mol. The van der Waals surface area contributed by atoms with E-state index in [1.165, 1.54) is 23.1 Å². The molecule has 0 aromatic heterocycles. The number of rotatable bonds is 8. The second-order valence-electron chi connectivity index (χ2n) is 5.23. The number of nitrogens with one attached hydrogen (secondary N) is 2. The van der Waals surface area contributed by atoms with E-state index < -0.39 is 0 Å². The van der Waals surface area contributed by atoms with Crippen LogP contribution in [0.1, 0.15) is 30.0 Å². The largest absolute Gasteiger partial charge is 0.496 e. The van der Waals surface area contributed by atoms with Gasteiger partial charge in [0, 0.05) is 6.54 Å². The Labute approximate surface area is 117 Å². The van der Waals surface area contributed by atoms with Crippen molar-refractivity contribution < 1.29 is 4.74 Å². The maximum absolute atomic E-state index is 5.39. The van der Waals surface area contributed by atoms with Gasteiger partial charge < -0.3 is 15.4 Å². The monoisotopic (exact) mass is 264 g/mol. The molecule has 108 valence electrons. The molecule has 0 heterocycles. The summed E-state index contributed by atoms with van der Waals surface area (Å²) in [5.74, 6) is 1.70. The molecule has 1 rings (SSSR count). The molecule has 0 radical (unpaired) electrons. The molecular formula is C16H28N2O. The second kappa shape index (κ2) is 8.18. The molecule has 0 bridgehead atoms. The molecule has 0 fully saturated rings. The van der Waals surface area contributed by atoms with Crippen molar-refractivity contribution in [2.24, 2.45) is 5.92 Å². The molecule has 3 nitrogen and oxygen atoms in total. The Bertz CT molecular complexity index is 367. The van der Waals surface area contributed by atoms with E-state index in [1.54, 1.807) is 7.11 Å². The number of methoxy groups -OCH3 is 1. The minimum atomic E-state index is 0.699. The molecule has 0 amide bonds. The van der Waals surface area contributed by atoms with Crippen LogP contribution in [0.3, 0.4) is 0 Å². The van der Waals surface area contributed by atoms with Gasteiger partial charge in [0.05, 0.1) is 7.11 Å². The van der Waals surface area contributed by atoms with Gasteiger partial charge >= 0.3 is 0 Å². The summed E-state index contributed by atoms with van der Waals surface area (Å²) in [5, 5.41) is 6.79. The van der Waals surface area contributed by atoms with Gasteiger partial charge in [-0.05, 0) is 56.6 Å². The summed E-state index contributed by atoms with van der Waals surface area (Å²) in [4.78, 5) is 0. The van der Waals surface area contributed by atoms with E-state index in [2.05, 4.69) is 43.5 Å². The SMILES string of the molecule is CCC(CNC)CNCc1cc(C)c(OC)c(C)c1. The smallest absolute Gasteiger partial charge is 0.124 e. The van der Waals surface area contributed by atoms with Crippen molar-refractivity contribution in [2.45, 2.75) is 33.7 Å². The van der Waals surface area contributed by atoms with E-state index >= 15 is 0 Å². The Kier molecular flexibility index (Phi) is 6.89. The van der Waals surface area contributed by atoms with E-state index in [-0.39, 0.29) is 0 Å². The van der Waals surface area contributed by atoms with Gasteiger partial charge in [0.1, 0.15) is 5.75 Å². The summed E-state index contributed by atoms with van der Waals surface area (Å²) in [6.45, 7) is 9.50. The molecule has 0 saturated heterocycles. The molecule has 1 aromatic carbocycles. The van der Waals surface area contributed by atoms with Gasteiger partial charge in [0.2, 0.25) is 0 Å². The Hall–Kier alpha value is -1.06. The molecule has 0 spiro atoms. The Morgan fingerprint density at radius 3 is 2.26 bits per heavy atom. The molecule has 0 saturated carbocycles. The predicted molar refractivity (Wildman–Crippen MR) is 81.9 cm³/mol. The van der Waals surface area contributed by atoms with Gasteiger partial charge in [-0.1, -0.05) is 25.5 Å². The summed E-state index contributed by atoms with van der Waals surface area (Å²) in [6, 6.07) is 4.41. The van der Waals surface area contributed by atoms with Gasteiger partial charge in [-0.25, -0.2) is 0 Å². The van der Waals surface area contributed by atoms with E-state index in [1.807, 2.05) is 7.05 Å². The third-order valence-electron chi connectivity index (χ3n) is 3.56. The minimum Gasteiger partial charge on any atom is -0.496 e. The zero-order chi connectivity index (χ0) is 14.3. The Balaban J connectivity index is 2.54. The van der Waals surface area contributed by atoms with E-state index in [0.717, 1.165) is 25.4 Å². The lowest BCUT2D eigenvalue weighted by atomic mass is 10.0. The average molecular weight is 264 g/mol. The maximum Gasteiger partial charge on any atom is 0.124 e. The summed E-state index contributed by atoms with van der Waals surface area (Å²) < 4.78 is 5.39. The third kappa shape index (κ3) is 4.84. The molecule has 19 heavy (non-hydrogen) atoms. The lowest BCUT2D eigenvalue weighted by molar-refractivity contribution is 0.408. The fourth-order valence-electron chi connectivity index (χ4n) is 2.53. The van der Waals surface area contributed by atoms with Crippen LogP contribution in [0.25, 0.3) is 0 Å². The molecule has 0 aliphatic rings. The van der Waals surface area contributed by atoms with E-state index in [4.69, 9.17) is 4.74 Å². The van der Waals surface area contributed by atoms with Crippen LogP contribution < -0.4 is 15.4 Å². The lowest BCUT2D eigenvalue weighted by Gasteiger charge is -2.16. The highest BCUT2D eigenvalue weighted by atomic mass is 16.5. The van der Waals surface area contributed by atoms with Gasteiger partial charge in [-0.3, -0.25) is 0 Å². The highest BCUT2D eigenvalue weighted by Gasteiger charge is 2.07. The first kappa shape index (κ1) is 16.0. The van der Waals surface area contributed by atoms with E-state index in [0.29, 0.717) is 5.92 Å². The molecule has 1 atom stereocenters. The summed E-state index contributed by atoms with van der Waals surface area (Å²) in [6.07, 6.45) is 1.20. The fourth-order valence-corrected chi connectivity index (χ4v) is 2.53. The van der Waals surface area contributed by atoms with Crippen molar-refractivity contribution in [1.29, 1.82) is 0 Å². The van der Waals surface area contributed by atoms with Crippen molar-refractivity contribution in [3.05, 3.63) is 28.8 Å². The predicted octanol–water partition coefficient (Wildman–Crippen LogP) is 2.65. The second-order valence-corrected chi connectivity index (χ2v) is 5.23. The first-order valence-electron chi connectivity index (χ1n) is 7.11. The zero-order valence-corrected chi connectivity index (χ0v) is 13.0. The molecule has 1 aromatic rings. The van der Waals surface area contributed by atoms with Crippen molar-refractivity contribution in [2.75, 3.05) is 27.2 Å². The van der Waals surface area contributed by atoms with E-state index in [9.17, 15) is 0 Å².